The van der Waals surface area contributed by atoms with Crippen LogP contribution in [0.3, 0.4) is 0 Å². The van der Waals surface area contributed by atoms with Gasteiger partial charge in [0, 0.05) is 23.5 Å². The maximum Gasteiger partial charge on any atom is 0.273 e. The number of hydrogen-bond donors (Lipinski definition) is 2. The maximum absolute atomic E-state index is 12.9. The molecule has 2 N–H and O–H groups in total. The Bertz CT molecular complexity index is 1350. The zero-order valence-corrected chi connectivity index (χ0v) is 16.7. The first-order valence-corrected chi connectivity index (χ1v) is 9.75. The van der Waals surface area contributed by atoms with Crippen LogP contribution < -0.4 is 10.1 Å². The topological polar surface area (TPSA) is 84.3 Å². The molecule has 0 aliphatic heterocycles. The lowest BCUT2D eigenvalue weighted by Crippen LogP contribution is -2.13. The second kappa shape index (κ2) is 7.79. The zero-order valence-electron chi connectivity index (χ0n) is 16.7. The molecule has 152 valence electrons. The van der Waals surface area contributed by atoms with Crippen molar-refractivity contribution < 1.29 is 9.53 Å². The van der Waals surface area contributed by atoms with Crippen LogP contribution in [0.5, 0.6) is 5.75 Å². The SMILES string of the molecule is COc1cccc(-c2cc(C(=O)Nc3ccccc3-c3cn4ccccc4n3)[nH]n2)c1. The number of carbonyl (C=O) groups is 1. The number of ether oxygens (including phenoxy) is 1. The summed E-state index contributed by atoms with van der Waals surface area (Å²) in [6, 6.07) is 22.7. The number of fused-ring (bicyclic) bond motifs is 1. The van der Waals surface area contributed by atoms with Gasteiger partial charge in [0.25, 0.3) is 5.91 Å². The number of nitrogens with zero attached hydrogens (tertiary/aromatic N) is 3. The number of H-pyrrole nitrogens is 1. The van der Waals surface area contributed by atoms with Gasteiger partial charge in [0.15, 0.2) is 0 Å². The summed E-state index contributed by atoms with van der Waals surface area (Å²) in [5.41, 5.74) is 5.03. The minimum absolute atomic E-state index is 0.280. The molecule has 31 heavy (non-hydrogen) atoms. The fourth-order valence-corrected chi connectivity index (χ4v) is 3.44. The number of nitrogens with one attached hydrogen (secondary N) is 2. The van der Waals surface area contributed by atoms with E-state index in [2.05, 4.69) is 20.5 Å². The third-order valence-electron chi connectivity index (χ3n) is 5.00. The van der Waals surface area contributed by atoms with E-state index in [4.69, 9.17) is 4.74 Å². The second-order valence-corrected chi connectivity index (χ2v) is 6.99. The van der Waals surface area contributed by atoms with E-state index in [1.165, 1.54) is 0 Å². The molecule has 0 spiro atoms. The molecule has 0 aliphatic rings. The fourth-order valence-electron chi connectivity index (χ4n) is 3.44. The summed E-state index contributed by atoms with van der Waals surface area (Å²) in [6.45, 7) is 0. The normalized spacial score (nSPS) is 10.9. The molecule has 1 amide bonds. The van der Waals surface area contributed by atoms with Crippen LogP contribution in [0.2, 0.25) is 0 Å². The first kappa shape index (κ1) is 18.6. The van der Waals surface area contributed by atoms with E-state index in [-0.39, 0.29) is 5.91 Å². The van der Waals surface area contributed by atoms with E-state index in [0.29, 0.717) is 17.1 Å². The van der Waals surface area contributed by atoms with Gasteiger partial charge in [0.05, 0.1) is 24.2 Å². The molecule has 0 saturated carbocycles. The number of imidazole rings is 1. The van der Waals surface area contributed by atoms with Gasteiger partial charge in [0.2, 0.25) is 0 Å². The van der Waals surface area contributed by atoms with E-state index >= 15 is 0 Å². The van der Waals surface area contributed by atoms with Gasteiger partial charge in [-0.1, -0.05) is 36.4 Å². The third kappa shape index (κ3) is 3.64. The lowest BCUT2D eigenvalue weighted by molar-refractivity contribution is 0.102. The Kier molecular flexibility index (Phi) is 4.68. The minimum atomic E-state index is -0.280. The minimum Gasteiger partial charge on any atom is -0.497 e. The molecule has 0 radical (unpaired) electrons. The highest BCUT2D eigenvalue weighted by molar-refractivity contribution is 6.05. The number of pyridine rings is 1. The average molecular weight is 409 g/mol. The number of anilines is 1. The average Bonchev–Trinajstić information content (AvgIpc) is 3.47. The highest BCUT2D eigenvalue weighted by Gasteiger charge is 2.15. The molecule has 0 saturated heterocycles. The summed E-state index contributed by atoms with van der Waals surface area (Å²) in [4.78, 5) is 17.6. The van der Waals surface area contributed by atoms with Crippen molar-refractivity contribution in [3.05, 3.63) is 90.9 Å². The Hall–Kier alpha value is -4.39. The van der Waals surface area contributed by atoms with Gasteiger partial charge in [0.1, 0.15) is 17.1 Å². The molecule has 0 unspecified atom stereocenters. The van der Waals surface area contributed by atoms with Crippen LogP contribution in [0.4, 0.5) is 5.69 Å². The lowest BCUT2D eigenvalue weighted by Gasteiger charge is -2.08. The number of aromatic amines is 1. The van der Waals surface area contributed by atoms with Crippen molar-refractivity contribution in [3.8, 4) is 28.3 Å². The quantitative estimate of drug-likeness (QED) is 0.442. The molecule has 2 aromatic carbocycles. The number of rotatable bonds is 5. The Morgan fingerprint density at radius 3 is 2.74 bits per heavy atom. The Morgan fingerprint density at radius 1 is 1.00 bits per heavy atom. The molecule has 0 atom stereocenters. The first-order chi connectivity index (χ1) is 15.2. The summed E-state index contributed by atoms with van der Waals surface area (Å²) in [5.74, 6) is 0.450. The van der Waals surface area contributed by atoms with Crippen molar-refractivity contribution in [2.45, 2.75) is 0 Å². The van der Waals surface area contributed by atoms with Gasteiger partial charge in [-0.2, -0.15) is 5.10 Å². The summed E-state index contributed by atoms with van der Waals surface area (Å²) >= 11 is 0. The molecule has 0 bridgehead atoms. The number of methoxy groups -OCH3 is 1. The van der Waals surface area contributed by atoms with Gasteiger partial charge in [-0.3, -0.25) is 9.89 Å². The highest BCUT2D eigenvalue weighted by Crippen LogP contribution is 2.28. The van der Waals surface area contributed by atoms with Gasteiger partial charge in [-0.25, -0.2) is 4.98 Å². The molecule has 5 aromatic rings. The predicted octanol–water partition coefficient (Wildman–Crippen LogP) is 4.65. The summed E-state index contributed by atoms with van der Waals surface area (Å²) in [6.07, 6.45) is 3.88. The first-order valence-electron chi connectivity index (χ1n) is 9.75. The number of hydrogen-bond acceptors (Lipinski definition) is 4. The smallest absolute Gasteiger partial charge is 0.273 e. The number of amides is 1. The van der Waals surface area contributed by atoms with Crippen LogP contribution in [0.15, 0.2) is 85.2 Å². The van der Waals surface area contributed by atoms with Crippen LogP contribution in [0.25, 0.3) is 28.2 Å². The molecular formula is C24H19N5O2. The summed E-state index contributed by atoms with van der Waals surface area (Å²) in [5, 5.41) is 10.1. The number of para-hydroxylation sites is 1. The third-order valence-corrected chi connectivity index (χ3v) is 5.00. The van der Waals surface area contributed by atoms with Crippen molar-refractivity contribution in [2.24, 2.45) is 0 Å². The predicted molar refractivity (Wildman–Crippen MR) is 119 cm³/mol. The van der Waals surface area contributed by atoms with Crippen LogP contribution >= 0.6 is 0 Å². The number of carbonyl (C=O) groups excluding carboxylic acids is 1. The molecule has 0 aliphatic carbocycles. The van der Waals surface area contributed by atoms with E-state index in [0.717, 1.165) is 28.2 Å². The largest absolute Gasteiger partial charge is 0.497 e. The van der Waals surface area contributed by atoms with Crippen molar-refractivity contribution in [1.82, 2.24) is 19.6 Å². The standard InChI is InChI=1S/C24H19N5O2/c1-31-17-8-6-7-16(13-17)20-14-21(28-27-20)24(30)26-19-10-3-2-9-18(19)22-15-29-12-5-4-11-23(29)25-22/h2-15H,1H3,(H,26,30)(H,27,28). The van der Waals surface area contributed by atoms with Crippen molar-refractivity contribution >= 4 is 17.2 Å². The van der Waals surface area contributed by atoms with Crippen molar-refractivity contribution in [3.63, 3.8) is 0 Å². The van der Waals surface area contributed by atoms with Crippen LogP contribution in [0.1, 0.15) is 10.5 Å². The molecule has 3 heterocycles. The summed E-state index contributed by atoms with van der Waals surface area (Å²) < 4.78 is 7.21. The van der Waals surface area contributed by atoms with Crippen molar-refractivity contribution in [1.29, 1.82) is 0 Å². The van der Waals surface area contributed by atoms with Gasteiger partial charge >= 0.3 is 0 Å². The van der Waals surface area contributed by atoms with Crippen LogP contribution in [-0.2, 0) is 0 Å². The van der Waals surface area contributed by atoms with E-state index < -0.39 is 0 Å². The molecule has 5 rings (SSSR count). The van der Waals surface area contributed by atoms with Gasteiger partial charge in [-0.05, 0) is 36.4 Å². The van der Waals surface area contributed by atoms with E-state index in [9.17, 15) is 4.79 Å². The van der Waals surface area contributed by atoms with E-state index in [1.54, 1.807) is 13.2 Å². The number of aromatic nitrogens is 4. The zero-order chi connectivity index (χ0) is 21.2. The molecule has 3 aromatic heterocycles. The monoisotopic (exact) mass is 409 g/mol. The number of benzene rings is 2. The summed E-state index contributed by atoms with van der Waals surface area (Å²) in [7, 11) is 1.61. The van der Waals surface area contributed by atoms with Crippen molar-refractivity contribution in [2.75, 3.05) is 12.4 Å². The molecule has 7 nitrogen and oxygen atoms in total. The highest BCUT2D eigenvalue weighted by atomic mass is 16.5. The Morgan fingerprint density at radius 2 is 1.87 bits per heavy atom. The van der Waals surface area contributed by atoms with Crippen LogP contribution in [0, 0.1) is 0 Å². The van der Waals surface area contributed by atoms with Gasteiger partial charge < -0.3 is 14.5 Å². The van der Waals surface area contributed by atoms with Gasteiger partial charge in [-0.15, -0.1) is 0 Å². The van der Waals surface area contributed by atoms with E-state index in [1.807, 2.05) is 83.5 Å². The molecular weight excluding hydrogens is 390 g/mol. The van der Waals surface area contributed by atoms with Crippen LogP contribution in [-0.4, -0.2) is 32.6 Å². The second-order valence-electron chi connectivity index (χ2n) is 6.99. The lowest BCUT2D eigenvalue weighted by atomic mass is 10.1. The Labute approximate surface area is 178 Å². The molecule has 7 heteroatoms. The fraction of sp³-hybridized carbons (Fsp3) is 0.0417. The molecule has 0 fully saturated rings. The Balaban J connectivity index is 1.42. The maximum atomic E-state index is 12.9.